The highest BCUT2D eigenvalue weighted by molar-refractivity contribution is 4.94. The Morgan fingerprint density at radius 1 is 1.00 bits per heavy atom. The van der Waals surface area contributed by atoms with Crippen LogP contribution in [0.4, 0.5) is 0 Å². The molecule has 2 aliphatic carbocycles. The summed E-state index contributed by atoms with van der Waals surface area (Å²) in [6.07, 6.45) is 14.7. The quantitative estimate of drug-likeness (QED) is 0.758. The Morgan fingerprint density at radius 3 is 2.18 bits per heavy atom. The van der Waals surface area contributed by atoms with Gasteiger partial charge in [-0.3, -0.25) is 0 Å². The van der Waals surface area contributed by atoms with Gasteiger partial charge >= 0.3 is 0 Å². The van der Waals surface area contributed by atoms with E-state index in [-0.39, 0.29) is 0 Å². The number of hydrogen-bond acceptors (Lipinski definition) is 1. The molecule has 0 aliphatic heterocycles. The molecule has 100 valence electrons. The predicted molar refractivity (Wildman–Crippen MR) is 75.2 cm³/mol. The highest BCUT2D eigenvalue weighted by Crippen LogP contribution is 2.44. The van der Waals surface area contributed by atoms with Crippen molar-refractivity contribution in [1.82, 2.24) is 5.32 Å². The van der Waals surface area contributed by atoms with Crippen LogP contribution in [-0.4, -0.2) is 12.6 Å². The molecule has 1 unspecified atom stereocenters. The van der Waals surface area contributed by atoms with Crippen LogP contribution >= 0.6 is 0 Å². The van der Waals surface area contributed by atoms with Crippen LogP contribution in [0.25, 0.3) is 0 Å². The fraction of sp³-hybridized carbons (Fsp3) is 1.00. The van der Waals surface area contributed by atoms with Crippen LogP contribution in [0.1, 0.15) is 78.1 Å². The van der Waals surface area contributed by atoms with Crippen LogP contribution in [0, 0.1) is 11.3 Å². The maximum absolute atomic E-state index is 3.86. The molecule has 1 nitrogen and oxygen atoms in total. The summed E-state index contributed by atoms with van der Waals surface area (Å²) in [5.74, 6) is 0.965. The van der Waals surface area contributed by atoms with Gasteiger partial charge in [0.15, 0.2) is 0 Å². The molecule has 1 N–H and O–H groups in total. The molecule has 17 heavy (non-hydrogen) atoms. The van der Waals surface area contributed by atoms with Crippen molar-refractivity contribution < 1.29 is 0 Å². The predicted octanol–water partition coefficient (Wildman–Crippen LogP) is 4.52. The van der Waals surface area contributed by atoms with Gasteiger partial charge in [-0.1, -0.05) is 52.4 Å². The van der Waals surface area contributed by atoms with E-state index in [0.29, 0.717) is 5.41 Å². The normalized spacial score (nSPS) is 27.9. The van der Waals surface area contributed by atoms with Crippen molar-refractivity contribution in [2.24, 2.45) is 11.3 Å². The fourth-order valence-electron chi connectivity index (χ4n) is 4.34. The van der Waals surface area contributed by atoms with Gasteiger partial charge in [-0.05, 0) is 43.6 Å². The molecular weight excluding hydrogens is 206 g/mol. The maximum Gasteiger partial charge on any atom is 0.0149 e. The van der Waals surface area contributed by atoms with Crippen molar-refractivity contribution in [3.8, 4) is 0 Å². The van der Waals surface area contributed by atoms with E-state index in [9.17, 15) is 0 Å². The van der Waals surface area contributed by atoms with Crippen LogP contribution in [0.2, 0.25) is 0 Å². The third kappa shape index (κ3) is 3.24. The smallest absolute Gasteiger partial charge is 0.0149 e. The third-order valence-electron chi connectivity index (χ3n) is 5.29. The first-order valence-electron chi connectivity index (χ1n) is 7.99. The minimum absolute atomic E-state index is 0.594. The molecule has 0 spiro atoms. The van der Waals surface area contributed by atoms with Gasteiger partial charge in [0.05, 0.1) is 0 Å². The summed E-state index contributed by atoms with van der Waals surface area (Å²) in [6, 6.07) is 0.799. The molecule has 2 saturated carbocycles. The van der Waals surface area contributed by atoms with Gasteiger partial charge < -0.3 is 5.32 Å². The Balaban J connectivity index is 2.03. The van der Waals surface area contributed by atoms with Gasteiger partial charge in [0.1, 0.15) is 0 Å². The van der Waals surface area contributed by atoms with E-state index in [1.54, 1.807) is 0 Å². The minimum atomic E-state index is 0.594. The number of rotatable bonds is 4. The summed E-state index contributed by atoms with van der Waals surface area (Å²) in [5, 5.41) is 3.86. The molecule has 1 heteroatoms. The highest BCUT2D eigenvalue weighted by atomic mass is 14.9. The number of nitrogens with one attached hydrogen (secondary N) is 1. The molecule has 0 saturated heterocycles. The lowest BCUT2D eigenvalue weighted by molar-refractivity contribution is 0.0866. The zero-order valence-electron chi connectivity index (χ0n) is 11.9. The van der Waals surface area contributed by atoms with Gasteiger partial charge in [0, 0.05) is 6.04 Å². The van der Waals surface area contributed by atoms with Crippen molar-refractivity contribution in [2.45, 2.75) is 84.1 Å². The molecule has 2 aliphatic rings. The van der Waals surface area contributed by atoms with Crippen LogP contribution in [0.5, 0.6) is 0 Å². The average molecular weight is 237 g/mol. The molecule has 0 radical (unpaired) electrons. The van der Waals surface area contributed by atoms with Crippen LogP contribution in [-0.2, 0) is 0 Å². The highest BCUT2D eigenvalue weighted by Gasteiger charge is 2.39. The Hall–Kier alpha value is -0.0400. The Morgan fingerprint density at radius 2 is 1.59 bits per heavy atom. The first-order valence-corrected chi connectivity index (χ1v) is 7.99. The van der Waals surface area contributed by atoms with Crippen LogP contribution in [0.3, 0.4) is 0 Å². The molecular formula is C16H31N. The van der Waals surface area contributed by atoms with E-state index in [1.165, 1.54) is 64.2 Å². The van der Waals surface area contributed by atoms with Gasteiger partial charge in [-0.15, -0.1) is 0 Å². The molecule has 0 aromatic carbocycles. The lowest BCUT2D eigenvalue weighted by Gasteiger charge is -2.46. The monoisotopic (exact) mass is 237 g/mol. The maximum atomic E-state index is 3.86. The standard InChI is InChI=1S/C16H31N/c1-3-17-15(14-10-6-4-7-11-14)16(2)12-8-5-9-13-16/h14-15,17H,3-13H2,1-2H3. The lowest BCUT2D eigenvalue weighted by Crippen LogP contribution is -2.50. The Kier molecular flexibility index (Phi) is 4.90. The molecule has 0 amide bonds. The van der Waals surface area contributed by atoms with Crippen LogP contribution < -0.4 is 5.32 Å². The first-order chi connectivity index (χ1) is 8.26. The topological polar surface area (TPSA) is 12.0 Å². The first kappa shape index (κ1) is 13.4. The Bertz CT molecular complexity index is 212. The summed E-state index contributed by atoms with van der Waals surface area (Å²) in [4.78, 5) is 0. The summed E-state index contributed by atoms with van der Waals surface area (Å²) in [5.41, 5.74) is 0.594. The molecule has 0 bridgehead atoms. The van der Waals surface area contributed by atoms with Gasteiger partial charge in [-0.25, -0.2) is 0 Å². The van der Waals surface area contributed by atoms with Crippen molar-refractivity contribution in [3.63, 3.8) is 0 Å². The van der Waals surface area contributed by atoms with Gasteiger partial charge in [0.2, 0.25) is 0 Å². The molecule has 0 aromatic rings. The number of hydrogen-bond donors (Lipinski definition) is 1. The van der Waals surface area contributed by atoms with E-state index in [1.807, 2.05) is 0 Å². The average Bonchev–Trinajstić information content (AvgIpc) is 2.38. The van der Waals surface area contributed by atoms with Crippen molar-refractivity contribution >= 4 is 0 Å². The zero-order valence-corrected chi connectivity index (χ0v) is 11.9. The second kappa shape index (κ2) is 6.22. The molecule has 2 fully saturated rings. The second-order valence-corrected chi connectivity index (χ2v) is 6.65. The van der Waals surface area contributed by atoms with Crippen LogP contribution in [0.15, 0.2) is 0 Å². The summed E-state index contributed by atoms with van der Waals surface area (Å²) >= 11 is 0. The molecule has 0 heterocycles. The van der Waals surface area contributed by atoms with Crippen molar-refractivity contribution in [2.75, 3.05) is 6.54 Å². The summed E-state index contributed by atoms with van der Waals surface area (Å²) in [7, 11) is 0. The van der Waals surface area contributed by atoms with Gasteiger partial charge in [0.25, 0.3) is 0 Å². The van der Waals surface area contributed by atoms with E-state index in [4.69, 9.17) is 0 Å². The molecule has 0 aromatic heterocycles. The third-order valence-corrected chi connectivity index (χ3v) is 5.29. The largest absolute Gasteiger partial charge is 0.313 e. The summed E-state index contributed by atoms with van der Waals surface area (Å²) in [6.45, 7) is 5.99. The van der Waals surface area contributed by atoms with E-state index in [0.717, 1.165) is 18.5 Å². The zero-order chi connectivity index (χ0) is 12.1. The molecule has 2 rings (SSSR count). The van der Waals surface area contributed by atoms with Gasteiger partial charge in [-0.2, -0.15) is 0 Å². The molecule has 1 atom stereocenters. The van der Waals surface area contributed by atoms with E-state index in [2.05, 4.69) is 19.2 Å². The van der Waals surface area contributed by atoms with E-state index < -0.39 is 0 Å². The van der Waals surface area contributed by atoms with Crippen molar-refractivity contribution in [3.05, 3.63) is 0 Å². The lowest BCUT2D eigenvalue weighted by atomic mass is 9.64. The fourth-order valence-corrected chi connectivity index (χ4v) is 4.34. The Labute approximate surface area is 108 Å². The van der Waals surface area contributed by atoms with Crippen molar-refractivity contribution in [1.29, 1.82) is 0 Å². The minimum Gasteiger partial charge on any atom is -0.313 e. The summed E-state index contributed by atoms with van der Waals surface area (Å²) < 4.78 is 0. The second-order valence-electron chi connectivity index (χ2n) is 6.65. The van der Waals surface area contributed by atoms with E-state index >= 15 is 0 Å². The SMILES string of the molecule is CCNC(C1CCCCC1)C1(C)CCCCC1.